The molecule has 0 fully saturated rings. The van der Waals surface area contributed by atoms with Crippen LogP contribution >= 0.6 is 24.8 Å². The van der Waals surface area contributed by atoms with Crippen LogP contribution in [0.5, 0.6) is 0 Å². The summed E-state index contributed by atoms with van der Waals surface area (Å²) in [7, 11) is 0. The zero-order chi connectivity index (χ0) is 12.8. The second kappa shape index (κ2) is 8.77. The van der Waals surface area contributed by atoms with Crippen LogP contribution in [-0.2, 0) is 13.1 Å². The predicted octanol–water partition coefficient (Wildman–Crippen LogP) is 0.907. The van der Waals surface area contributed by atoms with Crippen molar-refractivity contribution in [3.63, 3.8) is 0 Å². The number of hydrogen-bond acceptors (Lipinski definition) is 1. The third-order valence-electron chi connectivity index (χ3n) is 2.70. The Hall–Kier alpha value is -0.320. The van der Waals surface area contributed by atoms with Gasteiger partial charge in [0.25, 0.3) is 0 Å². The van der Waals surface area contributed by atoms with Gasteiger partial charge in [-0.3, -0.25) is 0 Å². The van der Waals surface area contributed by atoms with Gasteiger partial charge in [-0.05, 0) is 11.1 Å². The van der Waals surface area contributed by atoms with Gasteiger partial charge in [0, 0.05) is 13.1 Å². The normalized spacial score (nSPS) is 9.53. The monoisotopic (exact) mass is 296 g/mol. The first-order valence-electron chi connectivity index (χ1n) is 5.81. The summed E-state index contributed by atoms with van der Waals surface area (Å²) in [6.45, 7) is 1.58. The first-order chi connectivity index (χ1) is 8.75. The van der Waals surface area contributed by atoms with Gasteiger partial charge in [-0.25, -0.2) is 0 Å². The summed E-state index contributed by atoms with van der Waals surface area (Å²) in [5.74, 6) is 0. The van der Waals surface area contributed by atoms with E-state index >= 15 is 0 Å². The summed E-state index contributed by atoms with van der Waals surface area (Å²) in [6.07, 6.45) is 0. The molecule has 0 bridgehead atoms. The Morgan fingerprint density at radius 3 is 1.53 bits per heavy atom. The minimum Gasteiger partial charge on any atom is -0.349 e. The molecule has 0 saturated heterocycles. The molecule has 0 aliphatic rings. The standard InChI is InChI=1S/C15H15NS2.Na/c17-15(18)16(11-13-7-3-1-4-8-13)12-14-9-5-2-6-10-14;/h1-10H,11-12H2,(H,17,18);/q;+1. The Bertz CT molecular complexity index is 461. The van der Waals surface area contributed by atoms with E-state index in [1.54, 1.807) is 0 Å². The molecule has 4 heteroatoms. The van der Waals surface area contributed by atoms with Crippen LogP contribution in [0.25, 0.3) is 0 Å². The largest absolute Gasteiger partial charge is 1.00 e. The second-order valence-corrected chi connectivity index (χ2v) is 5.22. The van der Waals surface area contributed by atoms with Crippen LogP contribution in [0.4, 0.5) is 0 Å². The number of benzene rings is 2. The van der Waals surface area contributed by atoms with Crippen LogP contribution in [0.1, 0.15) is 11.1 Å². The van der Waals surface area contributed by atoms with Crippen LogP contribution in [0.3, 0.4) is 0 Å². The van der Waals surface area contributed by atoms with Gasteiger partial charge in [0.2, 0.25) is 0 Å². The first kappa shape index (κ1) is 16.7. The van der Waals surface area contributed by atoms with Gasteiger partial charge in [0.1, 0.15) is 4.32 Å². The maximum absolute atomic E-state index is 5.21. The molecule has 2 rings (SSSR count). The van der Waals surface area contributed by atoms with Crippen molar-refractivity contribution in [1.29, 1.82) is 0 Å². The number of thiocarbonyl (C=S) groups is 1. The number of nitrogens with zero attached hydrogens (tertiary/aromatic N) is 1. The van der Waals surface area contributed by atoms with Crippen molar-refractivity contribution in [3.8, 4) is 0 Å². The first-order valence-corrected chi connectivity index (χ1v) is 6.67. The van der Waals surface area contributed by atoms with Gasteiger partial charge in [0.15, 0.2) is 0 Å². The van der Waals surface area contributed by atoms with Crippen molar-refractivity contribution in [1.82, 2.24) is 4.90 Å². The quantitative estimate of drug-likeness (QED) is 0.507. The van der Waals surface area contributed by atoms with Crippen molar-refractivity contribution in [2.24, 2.45) is 0 Å². The zero-order valence-electron chi connectivity index (χ0n) is 11.0. The molecule has 2 aromatic rings. The average molecular weight is 296 g/mol. The van der Waals surface area contributed by atoms with Crippen LogP contribution in [0, 0.1) is 0 Å². The maximum Gasteiger partial charge on any atom is 1.00 e. The maximum atomic E-state index is 5.21. The van der Waals surface area contributed by atoms with E-state index in [1.807, 2.05) is 36.4 Å². The van der Waals surface area contributed by atoms with Crippen molar-refractivity contribution in [3.05, 3.63) is 71.8 Å². The van der Waals surface area contributed by atoms with Crippen molar-refractivity contribution >= 4 is 29.2 Å². The van der Waals surface area contributed by atoms with E-state index in [0.29, 0.717) is 4.32 Å². The molecule has 1 nitrogen and oxygen atoms in total. The van der Waals surface area contributed by atoms with Crippen molar-refractivity contribution in [2.75, 3.05) is 0 Å². The van der Waals surface area contributed by atoms with E-state index in [1.165, 1.54) is 11.1 Å². The van der Waals surface area contributed by atoms with Gasteiger partial charge in [0.05, 0.1) is 0 Å². The van der Waals surface area contributed by atoms with Crippen LogP contribution in [-0.4, -0.2) is 9.22 Å². The molecule has 0 radical (unpaired) electrons. The second-order valence-electron chi connectivity index (χ2n) is 4.11. The Balaban J connectivity index is 0.00000180. The fourth-order valence-electron chi connectivity index (χ4n) is 1.80. The summed E-state index contributed by atoms with van der Waals surface area (Å²) >= 11 is 9.52. The predicted molar refractivity (Wildman–Crippen MR) is 83.7 cm³/mol. The third kappa shape index (κ3) is 5.67. The molecule has 0 aromatic heterocycles. The van der Waals surface area contributed by atoms with E-state index < -0.39 is 0 Å². The average Bonchev–Trinajstić information content (AvgIpc) is 2.40. The Kier molecular flexibility index (Phi) is 7.73. The molecule has 2 aromatic carbocycles. The number of hydrogen-bond donors (Lipinski definition) is 1. The summed E-state index contributed by atoms with van der Waals surface area (Å²) in [6, 6.07) is 20.6. The molecular weight excluding hydrogens is 281 g/mol. The van der Waals surface area contributed by atoms with Gasteiger partial charge in [-0.1, -0.05) is 72.9 Å². The summed E-state index contributed by atoms with van der Waals surface area (Å²) in [5.41, 5.74) is 2.48. The molecule has 0 atom stereocenters. The fraction of sp³-hybridized carbons (Fsp3) is 0.133. The van der Waals surface area contributed by atoms with E-state index in [-0.39, 0.29) is 29.6 Å². The van der Waals surface area contributed by atoms with E-state index in [9.17, 15) is 0 Å². The van der Waals surface area contributed by atoms with Crippen LogP contribution in [0.2, 0.25) is 0 Å². The van der Waals surface area contributed by atoms with Crippen molar-refractivity contribution in [2.45, 2.75) is 13.1 Å². The summed E-state index contributed by atoms with van der Waals surface area (Å²) < 4.78 is 0.628. The molecule has 0 aliphatic heterocycles. The molecule has 0 N–H and O–H groups in total. The molecule has 0 unspecified atom stereocenters. The number of thiol groups is 1. The number of rotatable bonds is 4. The molecular formula is C15H15NNaS2+. The Morgan fingerprint density at radius 1 is 0.842 bits per heavy atom. The molecule has 0 amide bonds. The fourth-order valence-corrected chi connectivity index (χ4v) is 2.07. The summed E-state index contributed by atoms with van der Waals surface area (Å²) in [5, 5.41) is 0. The van der Waals surface area contributed by atoms with Crippen LogP contribution < -0.4 is 29.6 Å². The van der Waals surface area contributed by atoms with Gasteiger partial charge in [-0.15, -0.1) is 12.6 Å². The van der Waals surface area contributed by atoms with Gasteiger partial charge in [-0.2, -0.15) is 0 Å². The van der Waals surface area contributed by atoms with Gasteiger partial charge >= 0.3 is 29.6 Å². The SMILES string of the molecule is S=C(S)N(Cc1ccccc1)Cc1ccccc1.[Na+]. The molecule has 19 heavy (non-hydrogen) atoms. The smallest absolute Gasteiger partial charge is 0.349 e. The van der Waals surface area contributed by atoms with E-state index in [2.05, 4.69) is 41.8 Å². The molecule has 0 heterocycles. The van der Waals surface area contributed by atoms with E-state index in [0.717, 1.165) is 13.1 Å². The molecule has 0 aliphatic carbocycles. The Labute approximate surface area is 147 Å². The minimum atomic E-state index is 0. The van der Waals surface area contributed by atoms with Crippen molar-refractivity contribution < 1.29 is 29.6 Å². The molecule has 92 valence electrons. The van der Waals surface area contributed by atoms with E-state index in [4.69, 9.17) is 12.2 Å². The third-order valence-corrected chi connectivity index (χ3v) is 3.24. The molecule has 0 saturated carbocycles. The van der Waals surface area contributed by atoms with Crippen LogP contribution in [0.15, 0.2) is 60.7 Å². The minimum absolute atomic E-state index is 0. The van der Waals surface area contributed by atoms with Gasteiger partial charge < -0.3 is 4.90 Å². The summed E-state index contributed by atoms with van der Waals surface area (Å²) in [4.78, 5) is 2.09. The zero-order valence-corrected chi connectivity index (χ0v) is 14.7. The molecule has 0 spiro atoms. The topological polar surface area (TPSA) is 3.24 Å². The Morgan fingerprint density at radius 2 is 1.21 bits per heavy atom.